The molecule has 150 valence electrons. The summed E-state index contributed by atoms with van der Waals surface area (Å²) in [5.41, 5.74) is 1.26. The minimum absolute atomic E-state index is 0.158. The van der Waals surface area contributed by atoms with Gasteiger partial charge in [-0.2, -0.15) is 4.31 Å². The van der Waals surface area contributed by atoms with Gasteiger partial charge in [-0.25, -0.2) is 16.8 Å². The maximum atomic E-state index is 13.2. The summed E-state index contributed by atoms with van der Waals surface area (Å²) in [6.07, 6.45) is 2.20. The lowest BCUT2D eigenvalue weighted by atomic mass is 10.1. The smallest absolute Gasteiger partial charge is 0.263 e. The molecule has 0 bridgehead atoms. The number of anilines is 1. The Morgan fingerprint density at radius 3 is 2.14 bits per heavy atom. The first-order valence-electron chi connectivity index (χ1n) is 9.14. The average Bonchev–Trinajstić information content (AvgIpc) is 3.29. The second-order valence-corrected chi connectivity index (χ2v) is 11.4. The van der Waals surface area contributed by atoms with Crippen molar-refractivity contribution in [2.24, 2.45) is 0 Å². The predicted molar refractivity (Wildman–Crippen MR) is 109 cm³/mol. The van der Waals surface area contributed by atoms with Crippen molar-refractivity contribution in [3.05, 3.63) is 53.1 Å². The topological polar surface area (TPSA) is 74.8 Å². The van der Waals surface area contributed by atoms with Crippen LogP contribution in [0.25, 0.3) is 0 Å². The van der Waals surface area contributed by atoms with Crippen LogP contribution in [0.3, 0.4) is 0 Å². The molecular weight excluding hydrogens is 420 g/mol. The number of nitrogens with zero attached hydrogens (tertiary/aromatic N) is 2. The number of hydrogen-bond donors (Lipinski definition) is 0. The number of benzene rings is 2. The largest absolute Gasteiger partial charge is 0.264 e. The summed E-state index contributed by atoms with van der Waals surface area (Å²) in [5.74, 6) is 0. The quantitative estimate of drug-likeness (QED) is 0.731. The van der Waals surface area contributed by atoms with Gasteiger partial charge in [-0.1, -0.05) is 11.6 Å². The van der Waals surface area contributed by atoms with E-state index in [0.717, 1.165) is 18.4 Å². The second kappa shape index (κ2) is 7.02. The number of halogens is 1. The van der Waals surface area contributed by atoms with E-state index in [1.165, 1.54) is 26.8 Å². The lowest BCUT2D eigenvalue weighted by Crippen LogP contribution is -2.35. The van der Waals surface area contributed by atoms with Crippen LogP contribution in [0.1, 0.15) is 25.3 Å². The van der Waals surface area contributed by atoms with Crippen LogP contribution in [0.15, 0.2) is 52.3 Å². The van der Waals surface area contributed by atoms with E-state index in [-0.39, 0.29) is 15.8 Å². The van der Waals surface area contributed by atoms with Gasteiger partial charge in [0.1, 0.15) is 0 Å². The van der Waals surface area contributed by atoms with Gasteiger partial charge in [-0.3, -0.25) is 4.31 Å². The van der Waals surface area contributed by atoms with Crippen LogP contribution in [-0.4, -0.2) is 40.3 Å². The van der Waals surface area contributed by atoms with Gasteiger partial charge in [0, 0.05) is 24.2 Å². The van der Waals surface area contributed by atoms with Crippen LogP contribution in [0.5, 0.6) is 0 Å². The zero-order chi connectivity index (χ0) is 20.1. The lowest BCUT2D eigenvalue weighted by Gasteiger charge is -2.24. The Balaban J connectivity index is 1.73. The van der Waals surface area contributed by atoms with Crippen molar-refractivity contribution in [2.75, 3.05) is 17.4 Å². The van der Waals surface area contributed by atoms with Crippen molar-refractivity contribution in [1.82, 2.24) is 4.31 Å². The van der Waals surface area contributed by atoms with E-state index in [1.54, 1.807) is 24.3 Å². The van der Waals surface area contributed by atoms with E-state index in [9.17, 15) is 16.8 Å². The van der Waals surface area contributed by atoms with Gasteiger partial charge in [0.15, 0.2) is 0 Å². The molecule has 1 saturated heterocycles. The highest BCUT2D eigenvalue weighted by molar-refractivity contribution is 7.93. The van der Waals surface area contributed by atoms with Gasteiger partial charge >= 0.3 is 0 Å². The van der Waals surface area contributed by atoms with Gasteiger partial charge in [0.25, 0.3) is 10.0 Å². The van der Waals surface area contributed by atoms with E-state index in [4.69, 9.17) is 11.6 Å². The number of rotatable bonds is 4. The maximum Gasteiger partial charge on any atom is 0.264 e. The minimum Gasteiger partial charge on any atom is -0.263 e. The van der Waals surface area contributed by atoms with Crippen molar-refractivity contribution < 1.29 is 16.8 Å². The molecule has 1 atom stereocenters. The Morgan fingerprint density at radius 2 is 1.50 bits per heavy atom. The lowest BCUT2D eigenvalue weighted by molar-refractivity contribution is 0.477. The van der Waals surface area contributed by atoms with E-state index >= 15 is 0 Å². The third-order valence-electron chi connectivity index (χ3n) is 5.28. The molecule has 0 unspecified atom stereocenters. The van der Waals surface area contributed by atoms with Crippen LogP contribution in [-0.2, 0) is 26.5 Å². The molecule has 0 spiro atoms. The van der Waals surface area contributed by atoms with Crippen molar-refractivity contribution >= 4 is 37.3 Å². The predicted octanol–water partition coefficient (Wildman–Crippen LogP) is 3.26. The molecule has 2 heterocycles. The Morgan fingerprint density at radius 1 is 0.893 bits per heavy atom. The summed E-state index contributed by atoms with van der Waals surface area (Å²) in [6.45, 7) is 2.89. The van der Waals surface area contributed by atoms with Crippen LogP contribution in [0.2, 0.25) is 5.02 Å². The zero-order valence-corrected chi connectivity index (χ0v) is 17.8. The Bertz CT molecular complexity index is 1110. The molecule has 28 heavy (non-hydrogen) atoms. The van der Waals surface area contributed by atoms with E-state index in [0.29, 0.717) is 30.2 Å². The first-order chi connectivity index (χ1) is 13.2. The van der Waals surface area contributed by atoms with Gasteiger partial charge in [-0.15, -0.1) is 0 Å². The molecule has 0 radical (unpaired) electrons. The molecule has 0 saturated carbocycles. The highest BCUT2D eigenvalue weighted by Gasteiger charge is 2.37. The number of sulfonamides is 2. The standard InChI is InChI=1S/C19H21ClN2O4S2/c1-14-12-15-13-18(27(23,24)21-10-2-3-11-21)8-9-19(15)22(14)28(25,26)17-6-4-16(20)5-7-17/h4-9,13-14H,2-3,10-12H2,1H3/t14-/m1/s1. The molecule has 0 amide bonds. The molecule has 0 aliphatic carbocycles. The Hall–Kier alpha value is -1.61. The third-order valence-corrected chi connectivity index (χ3v) is 9.37. The second-order valence-electron chi connectivity index (χ2n) is 7.21. The summed E-state index contributed by atoms with van der Waals surface area (Å²) in [5, 5.41) is 0.464. The fourth-order valence-corrected chi connectivity index (χ4v) is 7.29. The fourth-order valence-electron chi connectivity index (χ4n) is 3.90. The zero-order valence-electron chi connectivity index (χ0n) is 15.4. The molecule has 0 aromatic heterocycles. The van der Waals surface area contributed by atoms with Gasteiger partial charge in [-0.05, 0) is 74.2 Å². The summed E-state index contributed by atoms with van der Waals surface area (Å²) in [4.78, 5) is 0.386. The molecule has 2 aromatic carbocycles. The average molecular weight is 441 g/mol. The molecule has 2 aliphatic heterocycles. The van der Waals surface area contributed by atoms with Crippen molar-refractivity contribution in [2.45, 2.75) is 42.0 Å². The summed E-state index contributed by atoms with van der Waals surface area (Å²) >= 11 is 5.88. The monoisotopic (exact) mass is 440 g/mol. The minimum atomic E-state index is -3.77. The molecule has 0 N–H and O–H groups in total. The molecule has 9 heteroatoms. The van der Waals surface area contributed by atoms with Crippen molar-refractivity contribution in [1.29, 1.82) is 0 Å². The fraction of sp³-hybridized carbons (Fsp3) is 0.368. The van der Waals surface area contributed by atoms with Crippen molar-refractivity contribution in [3.8, 4) is 0 Å². The van der Waals surface area contributed by atoms with E-state index in [2.05, 4.69) is 0 Å². The number of hydrogen-bond acceptors (Lipinski definition) is 4. The molecular formula is C19H21ClN2O4S2. The highest BCUT2D eigenvalue weighted by Crippen LogP contribution is 2.38. The molecule has 2 aliphatic rings. The Labute approximate surface area is 170 Å². The van der Waals surface area contributed by atoms with Crippen molar-refractivity contribution in [3.63, 3.8) is 0 Å². The first kappa shape index (κ1) is 19.7. The first-order valence-corrected chi connectivity index (χ1v) is 12.4. The molecule has 4 rings (SSSR count). The summed E-state index contributed by atoms with van der Waals surface area (Å²) < 4.78 is 54.9. The summed E-state index contributed by atoms with van der Waals surface area (Å²) in [6, 6.07) is 10.5. The van der Waals surface area contributed by atoms with E-state index in [1.807, 2.05) is 6.92 Å². The van der Waals surface area contributed by atoms with Crippen LogP contribution in [0, 0.1) is 0 Å². The van der Waals surface area contributed by atoms with Crippen LogP contribution in [0.4, 0.5) is 5.69 Å². The van der Waals surface area contributed by atoms with Gasteiger partial charge < -0.3 is 0 Å². The summed E-state index contributed by atoms with van der Waals surface area (Å²) in [7, 11) is -7.30. The molecule has 6 nitrogen and oxygen atoms in total. The molecule has 1 fully saturated rings. The highest BCUT2D eigenvalue weighted by atomic mass is 35.5. The van der Waals surface area contributed by atoms with Crippen LogP contribution < -0.4 is 4.31 Å². The number of fused-ring (bicyclic) bond motifs is 1. The Kier molecular flexibility index (Phi) is 4.94. The van der Waals surface area contributed by atoms with Gasteiger partial charge in [0.2, 0.25) is 10.0 Å². The normalized spacial score (nSPS) is 20.5. The van der Waals surface area contributed by atoms with E-state index < -0.39 is 20.0 Å². The SMILES string of the molecule is C[C@@H]1Cc2cc(S(=O)(=O)N3CCCC3)ccc2N1S(=O)(=O)c1ccc(Cl)cc1. The maximum absolute atomic E-state index is 13.2. The van der Waals surface area contributed by atoms with Gasteiger partial charge in [0.05, 0.1) is 15.5 Å². The third kappa shape index (κ3) is 3.22. The van der Waals surface area contributed by atoms with Crippen LogP contribution >= 0.6 is 11.6 Å². The molecule has 2 aromatic rings.